The van der Waals surface area contributed by atoms with Crippen LogP contribution >= 0.6 is 0 Å². The Bertz CT molecular complexity index is 255. The minimum atomic E-state index is 0.860. The van der Waals surface area contributed by atoms with Crippen LogP contribution < -0.4 is 10.6 Å². The Morgan fingerprint density at radius 3 is 2.90 bits per heavy atom. The summed E-state index contributed by atoms with van der Waals surface area (Å²) >= 11 is 0. The van der Waals surface area contributed by atoms with Crippen molar-refractivity contribution < 1.29 is 0 Å². The topological polar surface area (TPSA) is 24.1 Å². The molecule has 0 unspecified atom stereocenters. The summed E-state index contributed by atoms with van der Waals surface area (Å²) in [7, 11) is 0. The normalized spacial score (nSPS) is 13.7. The molecule has 0 saturated carbocycles. The molecule has 0 fully saturated rings. The summed E-state index contributed by atoms with van der Waals surface area (Å²) in [4.78, 5) is 0. The number of benzene rings is 1. The van der Waals surface area contributed by atoms with Crippen LogP contribution in [0.15, 0.2) is 18.2 Å². The minimum Gasteiger partial charge on any atom is -0.366 e. The van der Waals surface area contributed by atoms with Gasteiger partial charge in [-0.15, -0.1) is 0 Å². The molecule has 2 N–H and O–H groups in total. The van der Waals surface area contributed by atoms with E-state index in [1.54, 1.807) is 0 Å². The maximum atomic E-state index is 3.23. The largest absolute Gasteiger partial charge is 0.366 e. The lowest BCUT2D eigenvalue weighted by molar-refractivity contribution is 1.31. The van der Waals surface area contributed by atoms with E-state index in [-0.39, 0.29) is 0 Å². The van der Waals surface area contributed by atoms with E-state index in [9.17, 15) is 0 Å². The van der Waals surface area contributed by atoms with Crippen molar-refractivity contribution in [2.75, 3.05) is 17.3 Å². The van der Waals surface area contributed by atoms with Crippen molar-refractivity contribution in [2.24, 2.45) is 0 Å². The van der Waals surface area contributed by atoms with Crippen molar-refractivity contribution >= 4 is 11.4 Å². The standard InChI is InChI=1S/C8H10N2/c1-6-2-3-7-8(4-6)10-5-9-7/h2-4,9-10H,5H2,1H3. The summed E-state index contributed by atoms with van der Waals surface area (Å²) in [5.74, 6) is 0. The van der Waals surface area contributed by atoms with Gasteiger partial charge in [0.05, 0.1) is 18.0 Å². The van der Waals surface area contributed by atoms with Crippen molar-refractivity contribution in [3.05, 3.63) is 23.8 Å². The highest BCUT2D eigenvalue weighted by Gasteiger charge is 2.06. The number of anilines is 2. The van der Waals surface area contributed by atoms with Gasteiger partial charge in [0.15, 0.2) is 0 Å². The second-order valence-corrected chi connectivity index (χ2v) is 2.58. The Kier molecular flexibility index (Phi) is 1.07. The predicted octanol–water partition coefficient (Wildman–Crippen LogP) is 1.79. The van der Waals surface area contributed by atoms with Crippen molar-refractivity contribution in [1.82, 2.24) is 0 Å². The Morgan fingerprint density at radius 1 is 1.20 bits per heavy atom. The molecule has 0 radical (unpaired) electrons. The maximum Gasteiger partial charge on any atom is 0.0850 e. The van der Waals surface area contributed by atoms with Gasteiger partial charge in [0, 0.05) is 0 Å². The lowest BCUT2D eigenvalue weighted by Gasteiger charge is -1.97. The summed E-state index contributed by atoms with van der Waals surface area (Å²) < 4.78 is 0. The maximum absolute atomic E-state index is 3.23. The van der Waals surface area contributed by atoms with E-state index in [2.05, 4.69) is 35.8 Å². The van der Waals surface area contributed by atoms with Gasteiger partial charge in [0.1, 0.15) is 0 Å². The van der Waals surface area contributed by atoms with Gasteiger partial charge in [0.25, 0.3) is 0 Å². The summed E-state index contributed by atoms with van der Waals surface area (Å²) in [5.41, 5.74) is 3.74. The predicted molar refractivity (Wildman–Crippen MR) is 43.3 cm³/mol. The highest BCUT2D eigenvalue weighted by molar-refractivity contribution is 5.73. The van der Waals surface area contributed by atoms with E-state index in [4.69, 9.17) is 0 Å². The number of rotatable bonds is 0. The average Bonchev–Trinajstić information content (AvgIpc) is 2.33. The average molecular weight is 134 g/mol. The fourth-order valence-electron chi connectivity index (χ4n) is 1.19. The molecule has 2 heteroatoms. The molecule has 1 aromatic rings. The molecule has 2 rings (SSSR count). The van der Waals surface area contributed by atoms with Crippen LogP contribution in [0.3, 0.4) is 0 Å². The van der Waals surface area contributed by atoms with Crippen molar-refractivity contribution in [2.45, 2.75) is 6.92 Å². The first kappa shape index (κ1) is 5.59. The molecule has 1 heterocycles. The Labute approximate surface area is 60.3 Å². The summed E-state index contributed by atoms with van der Waals surface area (Å²) in [6.45, 7) is 2.96. The lowest BCUT2D eigenvalue weighted by atomic mass is 10.2. The zero-order valence-corrected chi connectivity index (χ0v) is 5.94. The van der Waals surface area contributed by atoms with Gasteiger partial charge in [-0.2, -0.15) is 0 Å². The Balaban J connectivity index is 2.52. The van der Waals surface area contributed by atoms with Gasteiger partial charge < -0.3 is 10.6 Å². The zero-order chi connectivity index (χ0) is 6.97. The highest BCUT2D eigenvalue weighted by Crippen LogP contribution is 2.26. The summed E-state index contributed by atoms with van der Waals surface area (Å²) in [6.07, 6.45) is 0. The van der Waals surface area contributed by atoms with E-state index in [0.717, 1.165) is 6.67 Å². The van der Waals surface area contributed by atoms with Crippen LogP contribution in [0, 0.1) is 6.92 Å². The third-order valence-electron chi connectivity index (χ3n) is 1.73. The molecule has 2 nitrogen and oxygen atoms in total. The van der Waals surface area contributed by atoms with E-state index in [1.807, 2.05) is 0 Å². The second kappa shape index (κ2) is 1.90. The molecule has 0 aromatic heterocycles. The van der Waals surface area contributed by atoms with Crippen LogP contribution in [0.5, 0.6) is 0 Å². The molecule has 0 spiro atoms. The fraction of sp³-hybridized carbons (Fsp3) is 0.250. The molecule has 1 aliphatic rings. The Hall–Kier alpha value is -1.18. The highest BCUT2D eigenvalue weighted by atomic mass is 15.1. The number of nitrogens with one attached hydrogen (secondary N) is 2. The van der Waals surface area contributed by atoms with E-state index < -0.39 is 0 Å². The molecular formula is C8H10N2. The van der Waals surface area contributed by atoms with E-state index in [0.29, 0.717) is 0 Å². The molecule has 0 saturated heterocycles. The first-order chi connectivity index (χ1) is 4.86. The number of fused-ring (bicyclic) bond motifs is 1. The van der Waals surface area contributed by atoms with E-state index >= 15 is 0 Å². The van der Waals surface area contributed by atoms with Gasteiger partial charge >= 0.3 is 0 Å². The molecule has 10 heavy (non-hydrogen) atoms. The number of hydrogen-bond donors (Lipinski definition) is 2. The van der Waals surface area contributed by atoms with Crippen LogP contribution in [0.1, 0.15) is 5.56 Å². The SMILES string of the molecule is Cc1ccc2c(c1)NCN2. The van der Waals surface area contributed by atoms with Crippen LogP contribution in [0.4, 0.5) is 11.4 Å². The molecule has 0 aliphatic carbocycles. The molecule has 0 bridgehead atoms. The third-order valence-corrected chi connectivity index (χ3v) is 1.73. The van der Waals surface area contributed by atoms with Gasteiger partial charge in [-0.1, -0.05) is 6.07 Å². The first-order valence-corrected chi connectivity index (χ1v) is 3.45. The fourth-order valence-corrected chi connectivity index (χ4v) is 1.19. The van der Waals surface area contributed by atoms with Gasteiger partial charge in [-0.05, 0) is 24.6 Å². The molecule has 0 atom stereocenters. The van der Waals surface area contributed by atoms with Gasteiger partial charge in [-0.25, -0.2) is 0 Å². The van der Waals surface area contributed by atoms with Gasteiger partial charge in [0.2, 0.25) is 0 Å². The Morgan fingerprint density at radius 2 is 2.00 bits per heavy atom. The smallest absolute Gasteiger partial charge is 0.0850 e. The molecule has 1 aromatic carbocycles. The lowest BCUT2D eigenvalue weighted by Crippen LogP contribution is -1.98. The van der Waals surface area contributed by atoms with E-state index in [1.165, 1.54) is 16.9 Å². The van der Waals surface area contributed by atoms with Gasteiger partial charge in [-0.3, -0.25) is 0 Å². The quantitative estimate of drug-likeness (QED) is 0.565. The number of hydrogen-bond acceptors (Lipinski definition) is 2. The van der Waals surface area contributed by atoms with Crippen LogP contribution in [-0.4, -0.2) is 6.67 Å². The zero-order valence-electron chi connectivity index (χ0n) is 5.94. The summed E-state index contributed by atoms with van der Waals surface area (Å²) in [6, 6.07) is 6.36. The van der Waals surface area contributed by atoms with Crippen molar-refractivity contribution in [3.63, 3.8) is 0 Å². The number of aryl methyl sites for hydroxylation is 1. The molecule has 0 amide bonds. The van der Waals surface area contributed by atoms with Crippen molar-refractivity contribution in [3.8, 4) is 0 Å². The van der Waals surface area contributed by atoms with Crippen LogP contribution in [0.2, 0.25) is 0 Å². The minimum absolute atomic E-state index is 0.860. The molecule has 52 valence electrons. The van der Waals surface area contributed by atoms with Crippen LogP contribution in [0.25, 0.3) is 0 Å². The molecular weight excluding hydrogens is 124 g/mol. The third kappa shape index (κ3) is 0.727. The first-order valence-electron chi connectivity index (χ1n) is 3.45. The monoisotopic (exact) mass is 134 g/mol. The second-order valence-electron chi connectivity index (χ2n) is 2.58. The summed E-state index contributed by atoms with van der Waals surface area (Å²) in [5, 5.41) is 6.45. The molecule has 1 aliphatic heterocycles. The van der Waals surface area contributed by atoms with Crippen LogP contribution in [-0.2, 0) is 0 Å². The van der Waals surface area contributed by atoms with Crippen molar-refractivity contribution in [1.29, 1.82) is 0 Å².